The van der Waals surface area contributed by atoms with E-state index in [0.717, 1.165) is 42.6 Å². The highest BCUT2D eigenvalue weighted by molar-refractivity contribution is 6.05. The van der Waals surface area contributed by atoms with Gasteiger partial charge in [0.15, 0.2) is 0 Å². The molecule has 198 valence electrons. The fourth-order valence-corrected chi connectivity index (χ4v) is 5.21. The van der Waals surface area contributed by atoms with Gasteiger partial charge in [0.1, 0.15) is 29.1 Å². The summed E-state index contributed by atoms with van der Waals surface area (Å²) in [4.78, 5) is 17.6. The third-order valence-electron chi connectivity index (χ3n) is 7.79. The second-order valence-electron chi connectivity index (χ2n) is 11.7. The maximum Gasteiger partial charge on any atom is 0.259 e. The van der Waals surface area contributed by atoms with Crippen molar-refractivity contribution < 1.29 is 14.3 Å². The quantitative estimate of drug-likeness (QED) is 0.318. The maximum atomic E-state index is 13.2. The molecule has 0 atom stereocenters. The first kappa shape index (κ1) is 25.5. The lowest BCUT2D eigenvalue weighted by Crippen LogP contribution is -2.23. The Morgan fingerprint density at radius 2 is 1.95 bits per heavy atom. The van der Waals surface area contributed by atoms with Crippen LogP contribution in [0.15, 0.2) is 41.3 Å². The third-order valence-corrected chi connectivity index (χ3v) is 7.79. The number of hydrogen-bond donors (Lipinski definition) is 3. The predicted molar refractivity (Wildman–Crippen MR) is 144 cm³/mol. The monoisotopic (exact) mass is 505 g/mol. The van der Waals surface area contributed by atoms with Crippen molar-refractivity contribution in [1.82, 2.24) is 14.8 Å². The number of carbonyl (C=O) groups is 1. The van der Waals surface area contributed by atoms with E-state index in [0.29, 0.717) is 28.6 Å². The Hall–Kier alpha value is -3.13. The molecular formula is C29H39N5O3. The minimum absolute atomic E-state index is 0.275. The largest absolute Gasteiger partial charge is 0.464 e. The summed E-state index contributed by atoms with van der Waals surface area (Å²) in [7, 11) is 0. The second kappa shape index (κ2) is 10.3. The lowest BCUT2D eigenvalue weighted by molar-refractivity contribution is 0.0729. The molecule has 2 fully saturated rings. The Kier molecular flexibility index (Phi) is 7.12. The number of rotatable bonds is 9. The van der Waals surface area contributed by atoms with Crippen molar-refractivity contribution in [2.24, 2.45) is 17.8 Å². The summed E-state index contributed by atoms with van der Waals surface area (Å²) in [6.07, 6.45) is 12.1. The van der Waals surface area contributed by atoms with Crippen LogP contribution in [0.3, 0.4) is 0 Å². The molecular weight excluding hydrogens is 466 g/mol. The molecule has 3 aromatic heterocycles. The van der Waals surface area contributed by atoms with Gasteiger partial charge in [0, 0.05) is 24.5 Å². The fourth-order valence-electron chi connectivity index (χ4n) is 5.21. The summed E-state index contributed by atoms with van der Waals surface area (Å²) >= 11 is 0. The number of pyridine rings is 1. The number of aromatic nitrogens is 3. The number of nitrogens with zero attached hydrogens (tertiary/aromatic N) is 3. The van der Waals surface area contributed by atoms with Crippen LogP contribution in [0.1, 0.15) is 88.3 Å². The first-order valence-electron chi connectivity index (χ1n) is 13.6. The van der Waals surface area contributed by atoms with Crippen LogP contribution in [0.25, 0.3) is 11.3 Å². The predicted octanol–water partition coefficient (Wildman–Crippen LogP) is 6.23. The lowest BCUT2D eigenvalue weighted by Gasteiger charge is -2.31. The van der Waals surface area contributed by atoms with Crippen LogP contribution in [-0.2, 0) is 5.60 Å². The molecule has 0 saturated heterocycles. The molecule has 0 radical (unpaired) electrons. The highest BCUT2D eigenvalue weighted by Gasteiger charge is 2.30. The van der Waals surface area contributed by atoms with Crippen LogP contribution in [-0.4, -0.2) is 32.3 Å². The molecule has 3 N–H and O–H groups in total. The van der Waals surface area contributed by atoms with Gasteiger partial charge in [-0.05, 0) is 88.3 Å². The summed E-state index contributed by atoms with van der Waals surface area (Å²) in [6.45, 7) is 8.90. The molecule has 37 heavy (non-hydrogen) atoms. The molecule has 0 bridgehead atoms. The molecule has 2 aliphatic carbocycles. The minimum Gasteiger partial charge on any atom is -0.464 e. The number of carbonyl (C=O) groups excluding carboxylic acids is 1. The number of aliphatic hydroxyl groups is 1. The van der Waals surface area contributed by atoms with Gasteiger partial charge >= 0.3 is 0 Å². The van der Waals surface area contributed by atoms with Gasteiger partial charge in [-0.3, -0.25) is 9.48 Å². The molecule has 5 rings (SSSR count). The second-order valence-corrected chi connectivity index (χ2v) is 11.7. The SMILES string of the molecule is CC(C)[C@H]1CC[C@H](n2cc(NC(=O)c3coc(-c4ccnc(NCC5CC5)c4)c3)c(C(C)(C)O)n2)CC1. The van der Waals surface area contributed by atoms with E-state index < -0.39 is 5.60 Å². The molecule has 2 saturated carbocycles. The number of amides is 1. The molecule has 0 aromatic carbocycles. The van der Waals surface area contributed by atoms with Crippen LogP contribution in [0.5, 0.6) is 0 Å². The van der Waals surface area contributed by atoms with E-state index in [2.05, 4.69) is 29.5 Å². The van der Waals surface area contributed by atoms with E-state index in [4.69, 9.17) is 9.52 Å². The van der Waals surface area contributed by atoms with E-state index in [9.17, 15) is 9.90 Å². The Bertz CT molecular complexity index is 1230. The van der Waals surface area contributed by atoms with E-state index in [-0.39, 0.29) is 11.9 Å². The molecule has 2 aliphatic rings. The van der Waals surface area contributed by atoms with Crippen LogP contribution >= 0.6 is 0 Å². The standard InChI is InChI=1S/C29H39N5O3/c1-18(2)20-7-9-23(10-8-20)34-16-24(27(33-34)29(3,4)36)32-28(35)22-13-25(37-17-22)21-11-12-30-26(14-21)31-15-19-5-6-19/h11-14,16-20,23,36H,5-10,15H2,1-4H3,(H,30,31)(H,32,35)/t20-,23-. The van der Waals surface area contributed by atoms with Crippen molar-refractivity contribution in [2.75, 3.05) is 17.2 Å². The van der Waals surface area contributed by atoms with E-state index >= 15 is 0 Å². The smallest absolute Gasteiger partial charge is 0.259 e. The summed E-state index contributed by atoms with van der Waals surface area (Å²) < 4.78 is 7.68. The molecule has 3 heterocycles. The lowest BCUT2D eigenvalue weighted by atomic mass is 9.80. The summed E-state index contributed by atoms with van der Waals surface area (Å²) in [5.41, 5.74) is 1.07. The number of nitrogens with one attached hydrogen (secondary N) is 2. The van der Waals surface area contributed by atoms with E-state index in [1.807, 2.05) is 23.0 Å². The van der Waals surface area contributed by atoms with Gasteiger partial charge in [-0.25, -0.2) is 4.98 Å². The van der Waals surface area contributed by atoms with Crippen LogP contribution in [0.2, 0.25) is 0 Å². The van der Waals surface area contributed by atoms with Crippen LogP contribution < -0.4 is 10.6 Å². The van der Waals surface area contributed by atoms with Gasteiger partial charge in [0.2, 0.25) is 0 Å². The van der Waals surface area contributed by atoms with Crippen molar-refractivity contribution in [3.8, 4) is 11.3 Å². The zero-order valence-corrected chi connectivity index (χ0v) is 22.3. The molecule has 3 aromatic rings. The highest BCUT2D eigenvalue weighted by atomic mass is 16.3. The average Bonchev–Trinajstić information content (AvgIpc) is 3.38. The van der Waals surface area contributed by atoms with Gasteiger partial charge in [0.25, 0.3) is 5.91 Å². The molecule has 0 spiro atoms. The summed E-state index contributed by atoms with van der Waals surface area (Å²) in [5, 5.41) is 21.9. The molecule has 0 unspecified atom stereocenters. The van der Waals surface area contributed by atoms with Crippen LogP contribution in [0, 0.1) is 17.8 Å². The van der Waals surface area contributed by atoms with Gasteiger partial charge < -0.3 is 20.2 Å². The molecule has 1 amide bonds. The van der Waals surface area contributed by atoms with E-state index in [1.165, 1.54) is 31.9 Å². The Morgan fingerprint density at radius 3 is 2.62 bits per heavy atom. The van der Waals surface area contributed by atoms with Crippen molar-refractivity contribution in [1.29, 1.82) is 0 Å². The van der Waals surface area contributed by atoms with Crippen molar-refractivity contribution in [2.45, 2.75) is 77.9 Å². The van der Waals surface area contributed by atoms with Crippen LogP contribution in [0.4, 0.5) is 11.5 Å². The maximum absolute atomic E-state index is 13.2. The number of hydrogen-bond acceptors (Lipinski definition) is 6. The van der Waals surface area contributed by atoms with Gasteiger partial charge in [-0.1, -0.05) is 13.8 Å². The minimum atomic E-state index is -1.19. The Balaban J connectivity index is 1.29. The van der Waals surface area contributed by atoms with Gasteiger partial charge in [-0.15, -0.1) is 0 Å². The zero-order chi connectivity index (χ0) is 26.2. The summed E-state index contributed by atoms with van der Waals surface area (Å²) in [6, 6.07) is 5.81. The van der Waals surface area contributed by atoms with Crippen molar-refractivity contribution >= 4 is 17.4 Å². The molecule has 8 heteroatoms. The normalized spacial score (nSPS) is 20.3. The fraction of sp³-hybridized carbons (Fsp3) is 0.552. The zero-order valence-electron chi connectivity index (χ0n) is 22.3. The van der Waals surface area contributed by atoms with Crippen molar-refractivity contribution in [3.63, 3.8) is 0 Å². The molecule has 0 aliphatic heterocycles. The third kappa shape index (κ3) is 6.06. The number of furan rings is 1. The first-order chi connectivity index (χ1) is 17.7. The Morgan fingerprint density at radius 1 is 1.19 bits per heavy atom. The van der Waals surface area contributed by atoms with Gasteiger partial charge in [-0.2, -0.15) is 5.10 Å². The van der Waals surface area contributed by atoms with Crippen molar-refractivity contribution in [3.05, 3.63) is 48.1 Å². The number of anilines is 2. The average molecular weight is 506 g/mol. The Labute approximate surface area is 218 Å². The first-order valence-corrected chi connectivity index (χ1v) is 13.6. The molecule has 8 nitrogen and oxygen atoms in total. The topological polar surface area (TPSA) is 105 Å². The van der Waals surface area contributed by atoms with E-state index in [1.54, 1.807) is 26.1 Å². The highest BCUT2D eigenvalue weighted by Crippen LogP contribution is 2.37. The van der Waals surface area contributed by atoms with Gasteiger partial charge in [0.05, 0.1) is 17.3 Å². The summed E-state index contributed by atoms with van der Waals surface area (Å²) in [5.74, 6) is 3.29.